The second-order valence-electron chi connectivity index (χ2n) is 2.36. The van der Waals surface area contributed by atoms with Crippen LogP contribution in [0, 0.1) is 0 Å². The van der Waals surface area contributed by atoms with Crippen molar-refractivity contribution < 1.29 is 0 Å². The molecule has 4 heteroatoms. The van der Waals surface area contributed by atoms with E-state index in [2.05, 4.69) is 10.3 Å². The molecule has 0 N–H and O–H groups in total. The number of nitrogens with zero attached hydrogens (tertiary/aromatic N) is 3. The largest absolute Gasteiger partial charge is 0.159 e. The third kappa shape index (κ3) is 1.31. The maximum Gasteiger partial charge on any atom is 0.114 e. The molecule has 3 nitrogen and oxygen atoms in total. The van der Waals surface area contributed by atoms with Crippen LogP contribution in [0.4, 0.5) is 0 Å². The van der Waals surface area contributed by atoms with Crippen LogP contribution in [0.5, 0.6) is 0 Å². The summed E-state index contributed by atoms with van der Waals surface area (Å²) in [5.74, 6) is 0. The van der Waals surface area contributed by atoms with Crippen LogP contribution in [-0.2, 0) is 0 Å². The summed E-state index contributed by atoms with van der Waals surface area (Å²) < 4.78 is 1.17. The Kier molecular flexibility index (Phi) is 1.80. The maximum absolute atomic E-state index is 5.55. The monoisotopic (exact) mass is 179 g/mol. The third-order valence-corrected chi connectivity index (χ3v) is 1.70. The summed E-state index contributed by atoms with van der Waals surface area (Å²) in [6.45, 7) is 0. The Balaban J connectivity index is 2.45. The smallest absolute Gasteiger partial charge is 0.114 e. The fourth-order valence-electron chi connectivity index (χ4n) is 0.985. The van der Waals surface area contributed by atoms with Gasteiger partial charge in [0.1, 0.15) is 5.69 Å². The van der Waals surface area contributed by atoms with Crippen molar-refractivity contribution in [2.75, 3.05) is 0 Å². The van der Waals surface area contributed by atoms with E-state index in [0.29, 0.717) is 0 Å². The number of aromatic nitrogens is 3. The van der Waals surface area contributed by atoms with E-state index in [-0.39, 0.29) is 0 Å². The standard InChI is InChI=1S/C8H6ClN3/c9-12-6-8(10-11-12)7-4-2-1-3-5-7/h1-6H. The van der Waals surface area contributed by atoms with Crippen LogP contribution >= 0.6 is 11.8 Å². The van der Waals surface area contributed by atoms with Gasteiger partial charge in [0.05, 0.1) is 6.20 Å². The molecule has 2 aromatic rings. The second-order valence-corrected chi connectivity index (χ2v) is 2.70. The first-order chi connectivity index (χ1) is 5.86. The van der Waals surface area contributed by atoms with E-state index in [1.54, 1.807) is 6.20 Å². The summed E-state index contributed by atoms with van der Waals surface area (Å²) in [6.07, 6.45) is 1.66. The Morgan fingerprint density at radius 3 is 2.50 bits per heavy atom. The lowest BCUT2D eigenvalue weighted by Gasteiger charge is -1.90. The minimum atomic E-state index is 0.783. The van der Waals surface area contributed by atoms with Gasteiger partial charge in [-0.05, 0) is 0 Å². The van der Waals surface area contributed by atoms with E-state index < -0.39 is 0 Å². The molecule has 12 heavy (non-hydrogen) atoms. The molecule has 1 aromatic heterocycles. The fraction of sp³-hybridized carbons (Fsp3) is 0. The average molecular weight is 180 g/mol. The van der Waals surface area contributed by atoms with E-state index in [9.17, 15) is 0 Å². The van der Waals surface area contributed by atoms with Crippen molar-refractivity contribution in [3.63, 3.8) is 0 Å². The molecule has 0 saturated carbocycles. The Morgan fingerprint density at radius 2 is 1.92 bits per heavy atom. The van der Waals surface area contributed by atoms with Gasteiger partial charge in [0.15, 0.2) is 0 Å². The Labute approximate surface area is 74.7 Å². The van der Waals surface area contributed by atoms with E-state index in [1.165, 1.54) is 4.20 Å². The zero-order chi connectivity index (χ0) is 8.39. The van der Waals surface area contributed by atoms with Gasteiger partial charge in [-0.3, -0.25) is 0 Å². The molecule has 0 atom stereocenters. The van der Waals surface area contributed by atoms with Crippen LogP contribution in [-0.4, -0.2) is 14.5 Å². The predicted octanol–water partition coefficient (Wildman–Crippen LogP) is 1.95. The van der Waals surface area contributed by atoms with E-state index >= 15 is 0 Å². The second kappa shape index (κ2) is 2.95. The third-order valence-electron chi connectivity index (χ3n) is 1.54. The molecule has 0 aliphatic rings. The number of hydrogen-bond donors (Lipinski definition) is 0. The van der Waals surface area contributed by atoms with Crippen molar-refractivity contribution in [3.8, 4) is 11.3 Å². The van der Waals surface area contributed by atoms with Gasteiger partial charge in [0, 0.05) is 17.3 Å². The van der Waals surface area contributed by atoms with Gasteiger partial charge in [-0.15, -0.1) is 5.10 Å². The molecule has 0 unspecified atom stereocenters. The molecule has 0 amide bonds. The highest BCUT2D eigenvalue weighted by molar-refractivity contribution is 6.14. The van der Waals surface area contributed by atoms with Gasteiger partial charge in [-0.2, -0.15) is 4.20 Å². The molecule has 1 aromatic carbocycles. The molecule has 0 fully saturated rings. The average Bonchev–Trinajstić information content (AvgIpc) is 2.54. The minimum absolute atomic E-state index is 0.783. The quantitative estimate of drug-likeness (QED) is 0.670. The Morgan fingerprint density at radius 1 is 1.17 bits per heavy atom. The van der Waals surface area contributed by atoms with Crippen LogP contribution in [0.3, 0.4) is 0 Å². The van der Waals surface area contributed by atoms with Crippen molar-refractivity contribution in [2.45, 2.75) is 0 Å². The summed E-state index contributed by atoms with van der Waals surface area (Å²) in [4.78, 5) is 0. The number of halogens is 1. The van der Waals surface area contributed by atoms with Gasteiger partial charge >= 0.3 is 0 Å². The normalized spacial score (nSPS) is 10.1. The van der Waals surface area contributed by atoms with E-state index in [1.807, 2.05) is 30.3 Å². The molecule has 1 heterocycles. The number of hydrogen-bond acceptors (Lipinski definition) is 2. The molecular weight excluding hydrogens is 174 g/mol. The number of rotatable bonds is 1. The topological polar surface area (TPSA) is 30.7 Å². The predicted molar refractivity (Wildman–Crippen MR) is 46.7 cm³/mol. The first-order valence-corrected chi connectivity index (χ1v) is 3.84. The zero-order valence-corrected chi connectivity index (χ0v) is 6.94. The molecule has 0 bridgehead atoms. The highest BCUT2D eigenvalue weighted by Gasteiger charge is 2.00. The zero-order valence-electron chi connectivity index (χ0n) is 6.18. The summed E-state index contributed by atoms with van der Waals surface area (Å²) in [5.41, 5.74) is 1.80. The molecule has 0 saturated heterocycles. The molecule has 0 aliphatic heterocycles. The van der Waals surface area contributed by atoms with Gasteiger partial charge in [0.2, 0.25) is 0 Å². The van der Waals surface area contributed by atoms with Crippen molar-refractivity contribution in [2.24, 2.45) is 0 Å². The number of benzene rings is 1. The van der Waals surface area contributed by atoms with Gasteiger partial charge < -0.3 is 0 Å². The molecule has 0 aliphatic carbocycles. The Bertz CT molecular complexity index is 369. The van der Waals surface area contributed by atoms with Gasteiger partial charge in [-0.1, -0.05) is 35.5 Å². The highest BCUT2D eigenvalue weighted by atomic mass is 35.5. The lowest BCUT2D eigenvalue weighted by atomic mass is 10.2. The fourth-order valence-corrected chi connectivity index (χ4v) is 1.11. The molecule has 60 valence electrons. The first kappa shape index (κ1) is 7.31. The Hall–Kier alpha value is -1.35. The summed E-state index contributed by atoms with van der Waals surface area (Å²) in [5, 5.41) is 7.49. The van der Waals surface area contributed by atoms with Crippen molar-refractivity contribution >= 4 is 11.8 Å². The summed E-state index contributed by atoms with van der Waals surface area (Å²) in [7, 11) is 0. The van der Waals surface area contributed by atoms with Crippen LogP contribution in [0.1, 0.15) is 0 Å². The first-order valence-electron chi connectivity index (χ1n) is 3.50. The molecule has 0 spiro atoms. The van der Waals surface area contributed by atoms with E-state index in [0.717, 1.165) is 11.3 Å². The molecular formula is C8H6ClN3. The van der Waals surface area contributed by atoms with Crippen molar-refractivity contribution in [1.29, 1.82) is 0 Å². The van der Waals surface area contributed by atoms with Crippen LogP contribution < -0.4 is 0 Å². The van der Waals surface area contributed by atoms with Crippen molar-refractivity contribution in [1.82, 2.24) is 14.5 Å². The van der Waals surface area contributed by atoms with Crippen molar-refractivity contribution in [3.05, 3.63) is 36.5 Å². The van der Waals surface area contributed by atoms with E-state index in [4.69, 9.17) is 11.8 Å². The maximum atomic E-state index is 5.55. The van der Waals surface area contributed by atoms with Crippen LogP contribution in [0.25, 0.3) is 11.3 Å². The molecule has 2 rings (SSSR count). The van der Waals surface area contributed by atoms with Crippen LogP contribution in [0.2, 0.25) is 0 Å². The lowest BCUT2D eigenvalue weighted by molar-refractivity contribution is 0.881. The minimum Gasteiger partial charge on any atom is -0.159 e. The van der Waals surface area contributed by atoms with Gasteiger partial charge in [0.25, 0.3) is 0 Å². The summed E-state index contributed by atoms with van der Waals surface area (Å²) in [6, 6.07) is 9.77. The lowest BCUT2D eigenvalue weighted by Crippen LogP contribution is -1.77. The van der Waals surface area contributed by atoms with Crippen LogP contribution in [0.15, 0.2) is 36.5 Å². The highest BCUT2D eigenvalue weighted by Crippen LogP contribution is 2.14. The SMILES string of the molecule is Cln1cc(-c2ccccc2)nn1. The molecule has 0 radical (unpaired) electrons. The summed E-state index contributed by atoms with van der Waals surface area (Å²) >= 11 is 5.55. The van der Waals surface area contributed by atoms with Gasteiger partial charge in [-0.25, -0.2) is 0 Å².